The number of hydrogen-bond donors (Lipinski definition) is 3. The van der Waals surface area contributed by atoms with E-state index in [0.717, 1.165) is 0 Å². The molecule has 0 aliphatic heterocycles. The van der Waals surface area contributed by atoms with Gasteiger partial charge in [-0.1, -0.05) is 19.9 Å². The fourth-order valence-corrected chi connectivity index (χ4v) is 1.73. The molecular weight excluding hydrogens is 268 g/mol. The predicted octanol–water partition coefficient (Wildman–Crippen LogP) is 2.59. The smallest absolute Gasteiger partial charge is 0.278 e. The lowest BCUT2D eigenvalue weighted by Gasteiger charge is -2.10. The number of carbonyl (C=O) groups excluding carboxylic acids is 1. The van der Waals surface area contributed by atoms with Crippen LogP contribution in [0.4, 0.5) is 11.4 Å². The van der Waals surface area contributed by atoms with Gasteiger partial charge in [0.05, 0.1) is 18.0 Å². The number of nitrogen functional groups attached to an aromatic ring is 1. The van der Waals surface area contributed by atoms with Crippen molar-refractivity contribution < 1.29 is 9.53 Å². The summed E-state index contributed by atoms with van der Waals surface area (Å²) in [6, 6.07) is 7.24. The van der Waals surface area contributed by atoms with Crippen LogP contribution < -0.4 is 15.8 Å². The summed E-state index contributed by atoms with van der Waals surface area (Å²) in [4.78, 5) is 12.1. The van der Waals surface area contributed by atoms with Crippen LogP contribution in [-0.2, 0) is 0 Å². The number of aromatic nitrogens is 2. The van der Waals surface area contributed by atoms with Gasteiger partial charge in [-0.3, -0.25) is 9.89 Å². The number of nitrogens with zero attached hydrogens (tertiary/aromatic N) is 1. The minimum Gasteiger partial charge on any atom is -0.493 e. The number of amides is 1. The zero-order valence-electron chi connectivity index (χ0n) is 12.4. The lowest BCUT2D eigenvalue weighted by molar-refractivity contribution is 0.102. The van der Waals surface area contributed by atoms with E-state index in [0.29, 0.717) is 35.3 Å². The molecule has 0 spiro atoms. The zero-order valence-corrected chi connectivity index (χ0v) is 12.4. The Hall–Kier alpha value is -2.50. The number of rotatable bonds is 5. The summed E-state index contributed by atoms with van der Waals surface area (Å²) < 4.78 is 5.63. The second kappa shape index (κ2) is 6.30. The molecule has 0 unspecified atom stereocenters. The third kappa shape index (κ3) is 3.75. The third-order valence-electron chi connectivity index (χ3n) is 2.88. The maximum atomic E-state index is 12.1. The van der Waals surface area contributed by atoms with E-state index in [4.69, 9.17) is 10.5 Å². The number of aryl methyl sites for hydroxylation is 1. The second-order valence-corrected chi connectivity index (χ2v) is 5.30. The number of hydrogen-bond acceptors (Lipinski definition) is 4. The highest BCUT2D eigenvalue weighted by Gasteiger charge is 2.15. The molecule has 6 heteroatoms. The van der Waals surface area contributed by atoms with Crippen molar-refractivity contribution in [2.75, 3.05) is 17.7 Å². The molecule has 0 atom stereocenters. The molecule has 6 nitrogen and oxygen atoms in total. The maximum Gasteiger partial charge on any atom is 0.278 e. The topological polar surface area (TPSA) is 93.0 Å². The maximum absolute atomic E-state index is 12.1. The molecule has 0 aliphatic rings. The first-order valence-electron chi connectivity index (χ1n) is 6.82. The Morgan fingerprint density at radius 2 is 2.24 bits per heavy atom. The van der Waals surface area contributed by atoms with Gasteiger partial charge in [0.25, 0.3) is 5.91 Å². The molecule has 0 fully saturated rings. The molecule has 1 heterocycles. The van der Waals surface area contributed by atoms with Gasteiger partial charge in [-0.25, -0.2) is 0 Å². The van der Waals surface area contributed by atoms with Gasteiger partial charge >= 0.3 is 0 Å². The van der Waals surface area contributed by atoms with Crippen molar-refractivity contribution in [1.82, 2.24) is 10.2 Å². The van der Waals surface area contributed by atoms with E-state index in [9.17, 15) is 4.79 Å². The first kappa shape index (κ1) is 14.9. The van der Waals surface area contributed by atoms with Gasteiger partial charge < -0.3 is 15.8 Å². The van der Waals surface area contributed by atoms with Crippen molar-refractivity contribution in [3.8, 4) is 5.75 Å². The van der Waals surface area contributed by atoms with Gasteiger partial charge in [0.2, 0.25) is 0 Å². The average Bonchev–Trinajstić information content (AvgIpc) is 2.77. The number of carbonyl (C=O) groups is 1. The largest absolute Gasteiger partial charge is 0.493 e. The number of nitrogens with one attached hydrogen (secondary N) is 2. The second-order valence-electron chi connectivity index (χ2n) is 5.30. The monoisotopic (exact) mass is 288 g/mol. The standard InChI is InChI=1S/C15H20N4O2/c1-9(2)8-21-12-6-4-5-11(7-12)17-15(20)14-13(16)10(3)18-19-14/h4-7,9H,8,16H2,1-3H3,(H,17,20)(H,18,19). The van der Waals surface area contributed by atoms with Crippen molar-refractivity contribution in [3.63, 3.8) is 0 Å². The van der Waals surface area contributed by atoms with Gasteiger partial charge in [-0.05, 0) is 25.0 Å². The molecule has 112 valence electrons. The molecule has 1 amide bonds. The first-order valence-corrected chi connectivity index (χ1v) is 6.82. The molecule has 0 aliphatic carbocycles. The molecular formula is C15H20N4O2. The normalized spacial score (nSPS) is 10.7. The Balaban J connectivity index is 2.07. The van der Waals surface area contributed by atoms with Crippen molar-refractivity contribution >= 4 is 17.3 Å². The van der Waals surface area contributed by atoms with Crippen LogP contribution in [0.15, 0.2) is 24.3 Å². The Bertz CT molecular complexity index is 634. The minimum atomic E-state index is -0.349. The Morgan fingerprint density at radius 3 is 2.86 bits per heavy atom. The van der Waals surface area contributed by atoms with Crippen molar-refractivity contribution in [3.05, 3.63) is 35.7 Å². The van der Waals surface area contributed by atoms with E-state index < -0.39 is 0 Å². The summed E-state index contributed by atoms with van der Waals surface area (Å²) in [7, 11) is 0. The lowest BCUT2D eigenvalue weighted by atomic mass is 10.2. The molecule has 0 saturated carbocycles. The fraction of sp³-hybridized carbons (Fsp3) is 0.333. The van der Waals surface area contributed by atoms with Gasteiger partial charge in [0, 0.05) is 11.8 Å². The number of anilines is 2. The lowest BCUT2D eigenvalue weighted by Crippen LogP contribution is -2.14. The van der Waals surface area contributed by atoms with E-state index in [1.165, 1.54) is 0 Å². The molecule has 2 rings (SSSR count). The Morgan fingerprint density at radius 1 is 1.48 bits per heavy atom. The first-order chi connectivity index (χ1) is 9.97. The van der Waals surface area contributed by atoms with E-state index in [-0.39, 0.29) is 11.6 Å². The highest BCUT2D eigenvalue weighted by atomic mass is 16.5. The number of nitrogens with two attached hydrogens (primary N) is 1. The minimum absolute atomic E-state index is 0.195. The van der Waals surface area contributed by atoms with Crippen LogP contribution in [0, 0.1) is 12.8 Å². The van der Waals surface area contributed by atoms with Gasteiger partial charge in [-0.2, -0.15) is 5.10 Å². The quantitative estimate of drug-likeness (QED) is 0.788. The molecule has 0 saturated heterocycles. The average molecular weight is 288 g/mol. The van der Waals surface area contributed by atoms with Gasteiger partial charge in [-0.15, -0.1) is 0 Å². The van der Waals surface area contributed by atoms with Crippen LogP contribution in [0.5, 0.6) is 5.75 Å². The van der Waals surface area contributed by atoms with Crippen molar-refractivity contribution in [1.29, 1.82) is 0 Å². The number of aromatic amines is 1. The molecule has 1 aromatic carbocycles. The van der Waals surface area contributed by atoms with Crippen LogP contribution >= 0.6 is 0 Å². The zero-order chi connectivity index (χ0) is 15.4. The summed E-state index contributed by atoms with van der Waals surface area (Å²) >= 11 is 0. The van der Waals surface area contributed by atoms with E-state index in [2.05, 4.69) is 29.4 Å². The summed E-state index contributed by atoms with van der Waals surface area (Å²) in [5.74, 6) is 0.806. The molecule has 0 bridgehead atoms. The van der Waals surface area contributed by atoms with E-state index in [1.54, 1.807) is 19.1 Å². The van der Waals surface area contributed by atoms with Crippen LogP contribution in [0.25, 0.3) is 0 Å². The third-order valence-corrected chi connectivity index (χ3v) is 2.88. The Labute approximate surface area is 123 Å². The van der Waals surface area contributed by atoms with E-state index >= 15 is 0 Å². The summed E-state index contributed by atoms with van der Waals surface area (Å²) in [5.41, 5.74) is 7.66. The summed E-state index contributed by atoms with van der Waals surface area (Å²) in [6.45, 7) is 6.55. The number of benzene rings is 1. The van der Waals surface area contributed by atoms with Crippen LogP contribution in [-0.4, -0.2) is 22.7 Å². The van der Waals surface area contributed by atoms with Crippen molar-refractivity contribution in [2.45, 2.75) is 20.8 Å². The highest BCUT2D eigenvalue weighted by molar-refractivity contribution is 6.06. The summed E-state index contributed by atoms with van der Waals surface area (Å²) in [5, 5.41) is 9.35. The van der Waals surface area contributed by atoms with Crippen molar-refractivity contribution in [2.24, 2.45) is 5.92 Å². The Kier molecular flexibility index (Phi) is 4.47. The molecule has 4 N–H and O–H groups in total. The highest BCUT2D eigenvalue weighted by Crippen LogP contribution is 2.20. The van der Waals surface area contributed by atoms with E-state index in [1.807, 2.05) is 12.1 Å². The summed E-state index contributed by atoms with van der Waals surface area (Å²) in [6.07, 6.45) is 0. The number of ether oxygens (including phenoxy) is 1. The van der Waals surface area contributed by atoms with Gasteiger partial charge in [0.1, 0.15) is 5.75 Å². The fourth-order valence-electron chi connectivity index (χ4n) is 1.73. The van der Waals surface area contributed by atoms with Crippen LogP contribution in [0.1, 0.15) is 30.0 Å². The molecule has 2 aromatic rings. The predicted molar refractivity (Wildman–Crippen MR) is 82.5 cm³/mol. The molecule has 21 heavy (non-hydrogen) atoms. The molecule has 1 aromatic heterocycles. The van der Waals surface area contributed by atoms with Crippen LogP contribution in [0.3, 0.4) is 0 Å². The molecule has 0 radical (unpaired) electrons. The van der Waals surface area contributed by atoms with Gasteiger partial charge in [0.15, 0.2) is 5.69 Å². The van der Waals surface area contributed by atoms with Crippen LogP contribution in [0.2, 0.25) is 0 Å². The number of H-pyrrole nitrogens is 1. The SMILES string of the molecule is Cc1[nH]nc(C(=O)Nc2cccc(OCC(C)C)c2)c1N.